The van der Waals surface area contributed by atoms with Gasteiger partial charge >= 0.3 is 0 Å². The van der Waals surface area contributed by atoms with Crippen LogP contribution >= 0.6 is 11.6 Å². The van der Waals surface area contributed by atoms with Gasteiger partial charge in [0.2, 0.25) is 5.88 Å². The van der Waals surface area contributed by atoms with Crippen molar-refractivity contribution in [1.29, 1.82) is 0 Å². The third kappa shape index (κ3) is 7.55. The van der Waals surface area contributed by atoms with Gasteiger partial charge in [0.25, 0.3) is 0 Å². The van der Waals surface area contributed by atoms with Crippen LogP contribution in [0.4, 0.5) is 0 Å². The molecule has 0 spiro atoms. The van der Waals surface area contributed by atoms with E-state index in [0.717, 1.165) is 23.4 Å². The minimum atomic E-state index is -0.578. The molecule has 35 heavy (non-hydrogen) atoms. The Balaban J connectivity index is 1.63. The predicted molar refractivity (Wildman–Crippen MR) is 140 cm³/mol. The van der Waals surface area contributed by atoms with Gasteiger partial charge in [-0.1, -0.05) is 41.9 Å². The van der Waals surface area contributed by atoms with E-state index in [0.29, 0.717) is 42.3 Å². The van der Waals surface area contributed by atoms with Crippen LogP contribution in [0.25, 0.3) is 11.3 Å². The van der Waals surface area contributed by atoms with Crippen LogP contribution in [0, 0.1) is 5.92 Å². The first-order chi connectivity index (χ1) is 16.7. The van der Waals surface area contributed by atoms with Crippen molar-refractivity contribution in [1.82, 2.24) is 14.7 Å². The number of benzene rings is 2. The predicted octanol–water partition coefficient (Wildman–Crippen LogP) is 5.92. The molecule has 188 valence electrons. The summed E-state index contributed by atoms with van der Waals surface area (Å²) < 4.78 is 14.0. The van der Waals surface area contributed by atoms with E-state index >= 15 is 0 Å². The summed E-state index contributed by atoms with van der Waals surface area (Å²) in [6, 6.07) is 17.5. The van der Waals surface area contributed by atoms with E-state index in [4.69, 9.17) is 26.2 Å². The molecule has 3 aromatic rings. The molecule has 1 N–H and O–H groups in total. The molecule has 1 aliphatic carbocycles. The summed E-state index contributed by atoms with van der Waals surface area (Å²) in [5, 5.41) is 16.3. The van der Waals surface area contributed by atoms with E-state index in [1.165, 1.54) is 12.8 Å². The van der Waals surface area contributed by atoms with Crippen LogP contribution in [-0.4, -0.2) is 51.2 Å². The van der Waals surface area contributed by atoms with Crippen molar-refractivity contribution in [2.75, 3.05) is 19.7 Å². The molecule has 0 amide bonds. The number of aliphatic hydroxyl groups is 1. The quantitative estimate of drug-likeness (QED) is 0.356. The lowest BCUT2D eigenvalue weighted by molar-refractivity contribution is -0.0569. The third-order valence-corrected chi connectivity index (χ3v) is 6.19. The second kappa shape index (κ2) is 11.1. The van der Waals surface area contributed by atoms with Crippen LogP contribution in [-0.2, 0) is 18.3 Å². The van der Waals surface area contributed by atoms with Crippen molar-refractivity contribution < 1.29 is 14.6 Å². The van der Waals surface area contributed by atoms with Crippen molar-refractivity contribution in [2.45, 2.75) is 51.9 Å². The number of rotatable bonds is 11. The minimum absolute atomic E-state index is 0.286. The molecule has 1 saturated carbocycles. The number of nitrogens with zero attached hydrogens (tertiary/aromatic N) is 3. The zero-order valence-corrected chi connectivity index (χ0v) is 21.8. The van der Waals surface area contributed by atoms with Crippen LogP contribution < -0.4 is 4.74 Å². The molecular formula is C28H36ClN3O3. The second-order valence-corrected chi connectivity index (χ2v) is 10.8. The molecule has 0 saturated heterocycles. The van der Waals surface area contributed by atoms with Crippen molar-refractivity contribution in [2.24, 2.45) is 13.0 Å². The van der Waals surface area contributed by atoms with Crippen LogP contribution in [0.5, 0.6) is 11.6 Å². The molecule has 1 aromatic heterocycles. The molecule has 1 fully saturated rings. The highest BCUT2D eigenvalue weighted by Gasteiger charge is 2.29. The zero-order valence-electron chi connectivity index (χ0n) is 21.1. The first-order valence-electron chi connectivity index (χ1n) is 12.3. The fraction of sp³-hybridized carbons (Fsp3) is 0.464. The van der Waals surface area contributed by atoms with Crippen LogP contribution in [0.3, 0.4) is 0 Å². The van der Waals surface area contributed by atoms with E-state index in [-0.39, 0.29) is 5.60 Å². The fourth-order valence-electron chi connectivity index (χ4n) is 4.05. The second-order valence-electron chi connectivity index (χ2n) is 10.4. The highest BCUT2D eigenvalue weighted by molar-refractivity contribution is 6.30. The number of aliphatic hydroxyl groups excluding tert-OH is 1. The zero-order chi connectivity index (χ0) is 25.0. The Morgan fingerprint density at radius 1 is 1.11 bits per heavy atom. The Labute approximate surface area is 213 Å². The maximum absolute atomic E-state index is 10.8. The average Bonchev–Trinajstić information content (AvgIpc) is 3.58. The van der Waals surface area contributed by atoms with Gasteiger partial charge in [0, 0.05) is 37.3 Å². The van der Waals surface area contributed by atoms with Crippen LogP contribution in [0.15, 0.2) is 54.6 Å². The molecule has 4 rings (SSSR count). The van der Waals surface area contributed by atoms with Gasteiger partial charge in [-0.15, -0.1) is 0 Å². The highest BCUT2D eigenvalue weighted by atomic mass is 35.5. The van der Waals surface area contributed by atoms with Crippen molar-refractivity contribution in [3.63, 3.8) is 0 Å². The lowest BCUT2D eigenvalue weighted by Gasteiger charge is -2.27. The van der Waals surface area contributed by atoms with E-state index in [9.17, 15) is 5.11 Å². The first kappa shape index (κ1) is 25.7. The van der Waals surface area contributed by atoms with Gasteiger partial charge in [0.05, 0.1) is 23.9 Å². The van der Waals surface area contributed by atoms with E-state index in [1.807, 2.05) is 70.3 Å². The van der Waals surface area contributed by atoms with Crippen LogP contribution in [0.1, 0.15) is 39.2 Å². The number of hydrogen-bond donors (Lipinski definition) is 1. The summed E-state index contributed by atoms with van der Waals surface area (Å²) in [6.07, 6.45) is 1.89. The van der Waals surface area contributed by atoms with Crippen molar-refractivity contribution >= 4 is 11.6 Å². The van der Waals surface area contributed by atoms with Gasteiger partial charge in [-0.05, 0) is 63.8 Å². The lowest BCUT2D eigenvalue weighted by atomic mass is 10.1. The average molecular weight is 498 g/mol. The van der Waals surface area contributed by atoms with Gasteiger partial charge < -0.3 is 14.6 Å². The number of aryl methyl sites for hydroxylation is 1. The maximum Gasteiger partial charge on any atom is 0.222 e. The minimum Gasteiger partial charge on any atom is -0.439 e. The summed E-state index contributed by atoms with van der Waals surface area (Å²) in [5.41, 5.74) is 2.63. The van der Waals surface area contributed by atoms with E-state index in [1.54, 1.807) is 4.68 Å². The number of hydrogen-bond acceptors (Lipinski definition) is 5. The Hall–Kier alpha value is -2.38. The highest BCUT2D eigenvalue weighted by Crippen LogP contribution is 2.36. The summed E-state index contributed by atoms with van der Waals surface area (Å²) in [5.74, 6) is 2.06. The molecule has 7 heteroatoms. The fourth-order valence-corrected chi connectivity index (χ4v) is 4.18. The molecule has 1 heterocycles. The topological polar surface area (TPSA) is 59.8 Å². The Morgan fingerprint density at radius 3 is 2.43 bits per heavy atom. The standard InChI is InChI=1S/C28H36ClN3O3/c1-28(2,3)34-19-23(33)17-32(16-20-10-11-20)18-25-26(21-8-6-5-7-9-21)30-31(4)27(25)35-24-14-12-22(29)13-15-24/h5-9,12-15,20,23,33H,10-11,16-19H2,1-4H3/t23-/m1/s1. The smallest absolute Gasteiger partial charge is 0.222 e. The Kier molecular flexibility index (Phi) is 8.17. The number of ether oxygens (including phenoxy) is 2. The Bertz CT molecular complexity index is 1090. The normalized spacial score (nSPS) is 14.9. The molecule has 1 atom stereocenters. The third-order valence-electron chi connectivity index (χ3n) is 5.94. The van der Waals surface area contributed by atoms with E-state index in [2.05, 4.69) is 17.0 Å². The molecule has 0 aliphatic heterocycles. The molecule has 1 aliphatic rings. The van der Waals surface area contributed by atoms with Gasteiger partial charge in [0.15, 0.2) is 0 Å². The van der Waals surface area contributed by atoms with Gasteiger partial charge in [-0.3, -0.25) is 4.90 Å². The van der Waals surface area contributed by atoms with Gasteiger partial charge in [0.1, 0.15) is 11.4 Å². The molecule has 2 aromatic carbocycles. The number of aromatic nitrogens is 2. The SMILES string of the molecule is Cn1nc(-c2ccccc2)c(CN(CC2CC2)C[C@@H](O)COC(C)(C)C)c1Oc1ccc(Cl)cc1. The Morgan fingerprint density at radius 2 is 1.80 bits per heavy atom. The molecule has 0 bridgehead atoms. The maximum atomic E-state index is 10.8. The lowest BCUT2D eigenvalue weighted by Crippen LogP contribution is -2.37. The van der Waals surface area contributed by atoms with Crippen molar-refractivity contribution in [3.05, 3.63) is 65.2 Å². The van der Waals surface area contributed by atoms with Gasteiger partial charge in [-0.25, -0.2) is 4.68 Å². The van der Waals surface area contributed by atoms with Crippen molar-refractivity contribution in [3.8, 4) is 22.9 Å². The summed E-state index contributed by atoms with van der Waals surface area (Å²) >= 11 is 6.07. The molecular weight excluding hydrogens is 462 g/mol. The monoisotopic (exact) mass is 497 g/mol. The summed E-state index contributed by atoms with van der Waals surface area (Å²) in [4.78, 5) is 2.31. The summed E-state index contributed by atoms with van der Waals surface area (Å²) in [7, 11) is 1.90. The van der Waals surface area contributed by atoms with Gasteiger partial charge in [-0.2, -0.15) is 5.10 Å². The number of halogens is 1. The molecule has 0 unspecified atom stereocenters. The first-order valence-corrected chi connectivity index (χ1v) is 12.6. The summed E-state index contributed by atoms with van der Waals surface area (Å²) in [6.45, 7) is 8.38. The molecule has 0 radical (unpaired) electrons. The van der Waals surface area contributed by atoms with Crippen LogP contribution in [0.2, 0.25) is 5.02 Å². The largest absolute Gasteiger partial charge is 0.439 e. The molecule has 6 nitrogen and oxygen atoms in total. The van der Waals surface area contributed by atoms with E-state index < -0.39 is 6.10 Å².